The maximum atomic E-state index is 13.1. The number of rotatable bonds is 3. The molecule has 1 N–H and O–H groups in total. The summed E-state index contributed by atoms with van der Waals surface area (Å²) < 4.78 is 14.7. The molecule has 0 spiro atoms. The van der Waals surface area contributed by atoms with E-state index in [0.717, 1.165) is 11.3 Å². The molecule has 0 aliphatic carbocycles. The lowest BCUT2D eigenvalue weighted by atomic mass is 10.1. The molecule has 0 bridgehead atoms. The molecule has 18 heavy (non-hydrogen) atoms. The second-order valence-electron chi connectivity index (χ2n) is 4.06. The summed E-state index contributed by atoms with van der Waals surface area (Å²) in [7, 11) is 1.80. The standard InChI is InChI=1S/C13H13FN4/c1-9-12(8-18(2)17-9)13(7-15)16-11-5-3-4-10(14)6-11/h3-6,8,13,16H,1-2H3. The minimum Gasteiger partial charge on any atom is -0.366 e. The van der Waals surface area contributed by atoms with Gasteiger partial charge in [-0.05, 0) is 25.1 Å². The number of halogens is 1. The third kappa shape index (κ3) is 2.48. The van der Waals surface area contributed by atoms with E-state index < -0.39 is 6.04 Å². The molecular formula is C13H13FN4. The highest BCUT2D eigenvalue weighted by molar-refractivity contribution is 5.47. The van der Waals surface area contributed by atoms with Gasteiger partial charge in [0.05, 0.1) is 11.8 Å². The molecule has 0 saturated carbocycles. The van der Waals surface area contributed by atoms with Crippen LogP contribution in [-0.2, 0) is 7.05 Å². The van der Waals surface area contributed by atoms with E-state index in [1.807, 2.05) is 6.92 Å². The van der Waals surface area contributed by atoms with Gasteiger partial charge in [0.1, 0.15) is 11.9 Å². The molecule has 2 aromatic rings. The van der Waals surface area contributed by atoms with E-state index in [9.17, 15) is 9.65 Å². The van der Waals surface area contributed by atoms with E-state index in [1.165, 1.54) is 12.1 Å². The molecule has 0 aliphatic heterocycles. The van der Waals surface area contributed by atoms with Crippen molar-refractivity contribution in [3.8, 4) is 6.07 Å². The van der Waals surface area contributed by atoms with Crippen molar-refractivity contribution in [2.24, 2.45) is 7.05 Å². The molecule has 1 unspecified atom stereocenters. The zero-order valence-electron chi connectivity index (χ0n) is 10.2. The normalized spacial score (nSPS) is 11.9. The summed E-state index contributed by atoms with van der Waals surface area (Å²) >= 11 is 0. The number of nitrogens with zero attached hydrogens (tertiary/aromatic N) is 3. The largest absolute Gasteiger partial charge is 0.366 e. The van der Waals surface area contributed by atoms with Gasteiger partial charge in [0, 0.05) is 24.5 Å². The highest BCUT2D eigenvalue weighted by atomic mass is 19.1. The number of hydrogen-bond donors (Lipinski definition) is 1. The molecule has 1 aromatic carbocycles. The quantitative estimate of drug-likeness (QED) is 0.902. The molecule has 1 aromatic heterocycles. The van der Waals surface area contributed by atoms with Gasteiger partial charge in [-0.2, -0.15) is 10.4 Å². The van der Waals surface area contributed by atoms with Crippen molar-refractivity contribution >= 4 is 5.69 Å². The van der Waals surface area contributed by atoms with Crippen LogP contribution in [0.3, 0.4) is 0 Å². The Morgan fingerprint density at radius 2 is 2.28 bits per heavy atom. The molecule has 0 fully saturated rings. The predicted molar refractivity (Wildman–Crippen MR) is 66.3 cm³/mol. The monoisotopic (exact) mass is 244 g/mol. The first-order chi connectivity index (χ1) is 8.60. The fourth-order valence-corrected chi connectivity index (χ4v) is 1.83. The van der Waals surface area contributed by atoms with E-state index in [0.29, 0.717) is 5.69 Å². The summed E-state index contributed by atoms with van der Waals surface area (Å²) in [5.74, 6) is -0.334. The minimum atomic E-state index is -0.541. The van der Waals surface area contributed by atoms with Crippen LogP contribution in [0.15, 0.2) is 30.5 Å². The molecular weight excluding hydrogens is 231 g/mol. The van der Waals surface area contributed by atoms with Crippen LogP contribution in [0.25, 0.3) is 0 Å². The van der Waals surface area contributed by atoms with Crippen LogP contribution in [0, 0.1) is 24.1 Å². The summed E-state index contributed by atoms with van der Waals surface area (Å²) in [4.78, 5) is 0. The Bertz CT molecular complexity index is 597. The lowest BCUT2D eigenvalue weighted by Crippen LogP contribution is -2.09. The van der Waals surface area contributed by atoms with Crippen molar-refractivity contribution in [2.45, 2.75) is 13.0 Å². The van der Waals surface area contributed by atoms with Gasteiger partial charge in [0.15, 0.2) is 0 Å². The van der Waals surface area contributed by atoms with Gasteiger partial charge in [-0.15, -0.1) is 0 Å². The van der Waals surface area contributed by atoms with Crippen LogP contribution < -0.4 is 5.32 Å². The smallest absolute Gasteiger partial charge is 0.143 e. The van der Waals surface area contributed by atoms with Gasteiger partial charge in [0.25, 0.3) is 0 Å². The molecule has 1 heterocycles. The molecule has 0 radical (unpaired) electrons. The summed E-state index contributed by atoms with van der Waals surface area (Å²) in [6.07, 6.45) is 1.79. The molecule has 0 saturated heterocycles. The third-order valence-corrected chi connectivity index (χ3v) is 2.63. The van der Waals surface area contributed by atoms with Gasteiger partial charge in [-0.25, -0.2) is 4.39 Å². The second kappa shape index (κ2) is 4.88. The molecule has 5 heteroatoms. The Kier molecular flexibility index (Phi) is 3.28. The van der Waals surface area contributed by atoms with Gasteiger partial charge in [-0.3, -0.25) is 4.68 Å². The van der Waals surface area contributed by atoms with Crippen LogP contribution in [0.4, 0.5) is 10.1 Å². The van der Waals surface area contributed by atoms with Crippen molar-refractivity contribution in [1.29, 1.82) is 5.26 Å². The summed E-state index contributed by atoms with van der Waals surface area (Å²) in [5, 5.41) is 16.4. The first-order valence-corrected chi connectivity index (χ1v) is 5.52. The maximum absolute atomic E-state index is 13.1. The highest BCUT2D eigenvalue weighted by Crippen LogP contribution is 2.21. The van der Waals surface area contributed by atoms with E-state index in [-0.39, 0.29) is 5.82 Å². The van der Waals surface area contributed by atoms with Crippen molar-refractivity contribution in [1.82, 2.24) is 9.78 Å². The van der Waals surface area contributed by atoms with E-state index in [2.05, 4.69) is 16.5 Å². The van der Waals surface area contributed by atoms with Crippen LogP contribution in [0.5, 0.6) is 0 Å². The summed E-state index contributed by atoms with van der Waals surface area (Å²) in [6.45, 7) is 1.84. The molecule has 0 amide bonds. The summed E-state index contributed by atoms with van der Waals surface area (Å²) in [6, 6.07) is 7.65. The number of anilines is 1. The van der Waals surface area contributed by atoms with Gasteiger partial charge in [0.2, 0.25) is 0 Å². The van der Waals surface area contributed by atoms with Gasteiger partial charge >= 0.3 is 0 Å². The first-order valence-electron chi connectivity index (χ1n) is 5.52. The zero-order valence-corrected chi connectivity index (χ0v) is 10.2. The van der Waals surface area contributed by atoms with Crippen molar-refractivity contribution in [3.05, 3.63) is 47.5 Å². The lowest BCUT2D eigenvalue weighted by molar-refractivity contribution is 0.628. The Morgan fingerprint density at radius 3 is 2.83 bits per heavy atom. The van der Waals surface area contributed by atoms with Crippen molar-refractivity contribution in [2.75, 3.05) is 5.32 Å². The van der Waals surface area contributed by atoms with E-state index >= 15 is 0 Å². The number of benzene rings is 1. The van der Waals surface area contributed by atoms with Crippen molar-refractivity contribution < 1.29 is 4.39 Å². The molecule has 1 atom stereocenters. The maximum Gasteiger partial charge on any atom is 0.143 e. The Hall–Kier alpha value is -2.35. The fraction of sp³-hybridized carbons (Fsp3) is 0.231. The molecule has 0 aliphatic rings. The Labute approximate surface area is 105 Å². The number of nitrogens with one attached hydrogen (secondary N) is 1. The Balaban J connectivity index is 2.26. The average Bonchev–Trinajstić information content (AvgIpc) is 2.65. The predicted octanol–water partition coefficient (Wildman–Crippen LogP) is 2.54. The van der Waals surface area contributed by atoms with Crippen LogP contribution in [-0.4, -0.2) is 9.78 Å². The fourth-order valence-electron chi connectivity index (χ4n) is 1.83. The Morgan fingerprint density at radius 1 is 1.50 bits per heavy atom. The minimum absolute atomic E-state index is 0.334. The number of aryl methyl sites for hydroxylation is 2. The van der Waals surface area contributed by atoms with E-state index in [1.54, 1.807) is 30.1 Å². The van der Waals surface area contributed by atoms with E-state index in [4.69, 9.17) is 0 Å². The number of hydrogen-bond acceptors (Lipinski definition) is 3. The first kappa shape index (κ1) is 12.1. The second-order valence-corrected chi connectivity index (χ2v) is 4.06. The molecule has 2 rings (SSSR count). The molecule has 92 valence electrons. The van der Waals surface area contributed by atoms with Gasteiger partial charge in [-0.1, -0.05) is 6.07 Å². The van der Waals surface area contributed by atoms with Crippen LogP contribution >= 0.6 is 0 Å². The molecule has 4 nitrogen and oxygen atoms in total. The third-order valence-electron chi connectivity index (χ3n) is 2.63. The highest BCUT2D eigenvalue weighted by Gasteiger charge is 2.15. The van der Waals surface area contributed by atoms with Crippen LogP contribution in [0.2, 0.25) is 0 Å². The number of aromatic nitrogens is 2. The van der Waals surface area contributed by atoms with Crippen molar-refractivity contribution in [3.63, 3.8) is 0 Å². The lowest BCUT2D eigenvalue weighted by Gasteiger charge is -2.12. The SMILES string of the molecule is Cc1nn(C)cc1C(C#N)Nc1cccc(F)c1. The average molecular weight is 244 g/mol. The van der Waals surface area contributed by atoms with Gasteiger partial charge < -0.3 is 5.32 Å². The topological polar surface area (TPSA) is 53.6 Å². The zero-order chi connectivity index (χ0) is 13.1. The number of nitriles is 1. The van der Waals surface area contributed by atoms with Crippen LogP contribution in [0.1, 0.15) is 17.3 Å². The summed E-state index contributed by atoms with van der Waals surface area (Å²) in [5.41, 5.74) is 2.15.